The van der Waals surface area contributed by atoms with Gasteiger partial charge in [0.05, 0.1) is 5.56 Å². The topological polar surface area (TPSA) is 107 Å². The number of rotatable bonds is 5. The zero-order chi connectivity index (χ0) is 20.4. The fourth-order valence-electron chi connectivity index (χ4n) is 2.96. The van der Waals surface area contributed by atoms with Crippen LogP contribution in [0.1, 0.15) is 23.7 Å². The molecule has 29 heavy (non-hydrogen) atoms. The van der Waals surface area contributed by atoms with Crippen molar-refractivity contribution in [3.8, 4) is 22.9 Å². The van der Waals surface area contributed by atoms with Gasteiger partial charge in [-0.2, -0.15) is 0 Å². The second-order valence-corrected chi connectivity index (χ2v) is 6.93. The van der Waals surface area contributed by atoms with E-state index in [1.165, 1.54) is 0 Å². The Hall–Kier alpha value is -3.45. The molecule has 3 N–H and O–H groups in total. The first kappa shape index (κ1) is 18.9. The van der Waals surface area contributed by atoms with Crippen LogP contribution in [-0.2, 0) is 0 Å². The molecule has 2 aromatic heterocycles. The zero-order valence-electron chi connectivity index (χ0n) is 15.6. The average molecular weight is 408 g/mol. The van der Waals surface area contributed by atoms with Crippen LogP contribution in [-0.4, -0.2) is 27.6 Å². The molecule has 0 spiro atoms. The fraction of sp³-hybridized carbons (Fsp3) is 0.143. The molecule has 0 aliphatic rings. The van der Waals surface area contributed by atoms with Gasteiger partial charge in [-0.15, -0.1) is 10.2 Å². The second kappa shape index (κ2) is 7.89. The van der Waals surface area contributed by atoms with Crippen molar-refractivity contribution in [1.29, 1.82) is 0 Å². The fourth-order valence-corrected chi connectivity index (χ4v) is 3.13. The normalized spacial score (nSPS) is 11.0. The number of nitrogens with one attached hydrogen (secondary N) is 1. The van der Waals surface area contributed by atoms with Crippen molar-refractivity contribution in [2.75, 3.05) is 12.3 Å². The molecule has 2 heterocycles. The number of hydrogen-bond donors (Lipinski definition) is 2. The van der Waals surface area contributed by atoms with Crippen LogP contribution < -0.4 is 11.1 Å². The first-order chi connectivity index (χ1) is 14.1. The number of nitrogens with zero attached hydrogens (tertiary/aromatic N) is 3. The van der Waals surface area contributed by atoms with Gasteiger partial charge in [0.15, 0.2) is 0 Å². The average Bonchev–Trinajstić information content (AvgIpc) is 3.22. The highest BCUT2D eigenvalue weighted by atomic mass is 35.5. The lowest BCUT2D eigenvalue weighted by molar-refractivity contribution is 0.0953. The number of carbonyl (C=O) groups excluding carboxylic acids is 1. The maximum atomic E-state index is 12.0. The number of benzene rings is 2. The molecule has 8 heteroatoms. The van der Waals surface area contributed by atoms with E-state index < -0.39 is 0 Å². The van der Waals surface area contributed by atoms with Gasteiger partial charge >= 0.3 is 0 Å². The van der Waals surface area contributed by atoms with Crippen molar-refractivity contribution in [2.24, 2.45) is 0 Å². The van der Waals surface area contributed by atoms with Crippen molar-refractivity contribution in [3.05, 3.63) is 59.2 Å². The van der Waals surface area contributed by atoms with Crippen LogP contribution in [0.4, 0.5) is 5.82 Å². The Kier molecular flexibility index (Phi) is 5.14. The van der Waals surface area contributed by atoms with Crippen molar-refractivity contribution < 1.29 is 9.21 Å². The van der Waals surface area contributed by atoms with Crippen molar-refractivity contribution in [2.45, 2.75) is 13.3 Å². The number of nitrogens with two attached hydrogens (primary N) is 1. The number of fused-ring (bicyclic) bond motifs is 1. The first-order valence-electron chi connectivity index (χ1n) is 9.13. The minimum absolute atomic E-state index is 0.109. The molecule has 4 aromatic rings. The molecule has 0 radical (unpaired) electrons. The molecule has 2 aromatic carbocycles. The highest BCUT2D eigenvalue weighted by Crippen LogP contribution is 2.33. The number of carbonyl (C=O) groups is 1. The lowest BCUT2D eigenvalue weighted by atomic mass is 10.1. The Balaban J connectivity index is 1.65. The molecule has 0 atom stereocenters. The van der Waals surface area contributed by atoms with Crippen molar-refractivity contribution in [1.82, 2.24) is 20.5 Å². The third kappa shape index (κ3) is 3.77. The standard InChI is InChI=1S/C21H18ClN5O2/c1-2-9-24-19(28)12-3-5-13(6-4-12)20-26-27-21(29-20)17-11-25-18(23)16-10-14(22)7-8-15(16)17/h3-8,10-11H,2,9H2,1H3,(H2,23,25)(H,24,28). The summed E-state index contributed by atoms with van der Waals surface area (Å²) in [5.74, 6) is 0.940. The van der Waals surface area contributed by atoms with E-state index in [2.05, 4.69) is 20.5 Å². The maximum Gasteiger partial charge on any atom is 0.251 e. The first-order valence-corrected chi connectivity index (χ1v) is 9.51. The van der Waals surface area contributed by atoms with Gasteiger partial charge in [0, 0.05) is 34.3 Å². The molecule has 0 fully saturated rings. The minimum atomic E-state index is -0.109. The van der Waals surface area contributed by atoms with Crippen LogP contribution in [0.25, 0.3) is 33.7 Å². The summed E-state index contributed by atoms with van der Waals surface area (Å²) >= 11 is 6.07. The van der Waals surface area contributed by atoms with Crippen LogP contribution in [0, 0.1) is 0 Å². The molecule has 0 aliphatic carbocycles. The van der Waals surface area contributed by atoms with Gasteiger partial charge in [-0.3, -0.25) is 4.79 Å². The predicted octanol–water partition coefficient (Wildman–Crippen LogP) is 4.33. The summed E-state index contributed by atoms with van der Waals surface area (Å²) in [4.78, 5) is 16.2. The molecule has 7 nitrogen and oxygen atoms in total. The SMILES string of the molecule is CCCNC(=O)c1ccc(-c2nnc(-c3cnc(N)c4cc(Cl)ccc34)o2)cc1. The van der Waals surface area contributed by atoms with Crippen LogP contribution in [0.3, 0.4) is 0 Å². The highest BCUT2D eigenvalue weighted by Gasteiger charge is 2.16. The smallest absolute Gasteiger partial charge is 0.251 e. The molecule has 0 bridgehead atoms. The van der Waals surface area contributed by atoms with Gasteiger partial charge in [-0.1, -0.05) is 24.6 Å². The van der Waals surface area contributed by atoms with Gasteiger partial charge in [0.2, 0.25) is 11.8 Å². The number of nitrogen functional groups attached to an aromatic ring is 1. The van der Waals surface area contributed by atoms with E-state index in [0.29, 0.717) is 45.9 Å². The zero-order valence-corrected chi connectivity index (χ0v) is 16.4. The van der Waals surface area contributed by atoms with Crippen LogP contribution >= 0.6 is 11.6 Å². The molecular formula is C21H18ClN5O2. The predicted molar refractivity (Wildman–Crippen MR) is 113 cm³/mol. The largest absolute Gasteiger partial charge is 0.416 e. The molecule has 0 saturated heterocycles. The van der Waals surface area contributed by atoms with Crippen molar-refractivity contribution >= 4 is 34.1 Å². The molecule has 4 rings (SSSR count). The molecule has 146 valence electrons. The highest BCUT2D eigenvalue weighted by molar-refractivity contribution is 6.31. The molecule has 0 unspecified atom stereocenters. The Morgan fingerprint density at radius 2 is 1.86 bits per heavy atom. The molecular weight excluding hydrogens is 390 g/mol. The maximum absolute atomic E-state index is 12.0. The van der Waals surface area contributed by atoms with Crippen LogP contribution in [0.2, 0.25) is 5.02 Å². The number of aromatic nitrogens is 3. The van der Waals surface area contributed by atoms with Gasteiger partial charge in [-0.05, 0) is 48.2 Å². The molecule has 1 amide bonds. The quantitative estimate of drug-likeness (QED) is 0.510. The van der Waals surface area contributed by atoms with Crippen LogP contribution in [0.15, 0.2) is 53.1 Å². The number of amides is 1. The van der Waals surface area contributed by atoms with Gasteiger partial charge in [0.1, 0.15) is 5.82 Å². The number of hydrogen-bond acceptors (Lipinski definition) is 6. The summed E-state index contributed by atoms with van der Waals surface area (Å²) in [5, 5.41) is 13.2. The van der Waals surface area contributed by atoms with E-state index in [0.717, 1.165) is 17.2 Å². The summed E-state index contributed by atoms with van der Waals surface area (Å²) in [7, 11) is 0. The molecule has 0 saturated carbocycles. The number of anilines is 1. The lowest BCUT2D eigenvalue weighted by Crippen LogP contribution is -2.23. The van der Waals surface area contributed by atoms with E-state index in [4.69, 9.17) is 21.8 Å². The van der Waals surface area contributed by atoms with Crippen LogP contribution in [0.5, 0.6) is 0 Å². The Bertz CT molecular complexity index is 1190. The van der Waals surface area contributed by atoms with Gasteiger partial charge < -0.3 is 15.5 Å². The summed E-state index contributed by atoms with van der Waals surface area (Å²) in [6.07, 6.45) is 2.49. The summed E-state index contributed by atoms with van der Waals surface area (Å²) in [6.45, 7) is 2.65. The molecule has 0 aliphatic heterocycles. The summed E-state index contributed by atoms with van der Waals surface area (Å²) in [5.41, 5.74) is 7.93. The Labute approximate surface area is 171 Å². The van der Waals surface area contributed by atoms with E-state index in [1.807, 2.05) is 13.0 Å². The van der Waals surface area contributed by atoms with Crippen molar-refractivity contribution in [3.63, 3.8) is 0 Å². The number of halogens is 1. The minimum Gasteiger partial charge on any atom is -0.416 e. The van der Waals surface area contributed by atoms with E-state index in [9.17, 15) is 4.79 Å². The Morgan fingerprint density at radius 3 is 2.62 bits per heavy atom. The Morgan fingerprint density at radius 1 is 1.10 bits per heavy atom. The third-order valence-corrected chi connectivity index (χ3v) is 4.70. The third-order valence-electron chi connectivity index (χ3n) is 4.47. The van der Waals surface area contributed by atoms with Gasteiger partial charge in [0.25, 0.3) is 5.91 Å². The monoisotopic (exact) mass is 407 g/mol. The van der Waals surface area contributed by atoms with E-state index in [1.54, 1.807) is 42.6 Å². The van der Waals surface area contributed by atoms with E-state index in [-0.39, 0.29) is 5.91 Å². The lowest BCUT2D eigenvalue weighted by Gasteiger charge is -2.05. The second-order valence-electron chi connectivity index (χ2n) is 6.49. The van der Waals surface area contributed by atoms with Gasteiger partial charge in [-0.25, -0.2) is 4.98 Å². The summed E-state index contributed by atoms with van der Waals surface area (Å²) in [6, 6.07) is 12.4. The summed E-state index contributed by atoms with van der Waals surface area (Å²) < 4.78 is 5.86. The number of pyridine rings is 1. The van der Waals surface area contributed by atoms with E-state index >= 15 is 0 Å².